The summed E-state index contributed by atoms with van der Waals surface area (Å²) in [5.41, 5.74) is 1.67. The largest absolute Gasteiger partial charge is 0.461 e. The smallest absolute Gasteiger partial charge is 0.326 e. The number of aromatic nitrogens is 6. The summed E-state index contributed by atoms with van der Waals surface area (Å²) in [5, 5.41) is 17.8. The quantitative estimate of drug-likeness (QED) is 0.161. The van der Waals surface area contributed by atoms with Crippen LogP contribution in [0.25, 0.3) is 28.3 Å². The fourth-order valence-electron chi connectivity index (χ4n) is 4.32. The molecule has 0 radical (unpaired) electrons. The topological polar surface area (TPSA) is 171 Å². The number of nitrogens with one attached hydrogen (secondary N) is 3. The molecule has 0 atom stereocenters. The average molecular weight is 588 g/mol. The van der Waals surface area contributed by atoms with Gasteiger partial charge in [-0.15, -0.1) is 5.10 Å². The van der Waals surface area contributed by atoms with E-state index in [0.717, 1.165) is 5.56 Å². The molecule has 14 heteroatoms. The Kier molecular flexibility index (Phi) is 8.36. The lowest BCUT2D eigenvalue weighted by Gasteiger charge is -2.19. The highest BCUT2D eigenvalue weighted by Crippen LogP contribution is 2.24. The molecule has 0 fully saturated rings. The van der Waals surface area contributed by atoms with Gasteiger partial charge in [-0.3, -0.25) is 19.6 Å². The molecule has 1 aromatic carbocycles. The van der Waals surface area contributed by atoms with E-state index in [9.17, 15) is 14.4 Å². The summed E-state index contributed by atoms with van der Waals surface area (Å²) in [7, 11) is 1.77. The van der Waals surface area contributed by atoms with E-state index in [1.807, 2.05) is 20.8 Å². The Morgan fingerprint density at radius 1 is 1.00 bits per heavy atom. The van der Waals surface area contributed by atoms with E-state index in [2.05, 4.69) is 36.1 Å². The normalized spacial score (nSPS) is 11.5. The third-order valence-corrected chi connectivity index (χ3v) is 6.16. The van der Waals surface area contributed by atoms with Crippen LogP contribution in [0.3, 0.4) is 0 Å². The van der Waals surface area contributed by atoms with Gasteiger partial charge in [-0.05, 0) is 63.4 Å². The van der Waals surface area contributed by atoms with Crippen molar-refractivity contribution in [3.05, 3.63) is 54.4 Å². The second-order valence-corrected chi connectivity index (χ2v) is 11.0. The number of carbonyl (C=O) groups is 3. The lowest BCUT2D eigenvalue weighted by atomic mass is 10.1. The number of rotatable bonds is 10. The third kappa shape index (κ3) is 7.52. The molecule has 5 aromatic rings. The summed E-state index contributed by atoms with van der Waals surface area (Å²) in [6.07, 6.45) is 5.12. The van der Waals surface area contributed by atoms with Gasteiger partial charge in [0, 0.05) is 31.9 Å². The number of aryl methyl sites for hydroxylation is 1. The summed E-state index contributed by atoms with van der Waals surface area (Å²) in [5.74, 6) is 0.577. The summed E-state index contributed by atoms with van der Waals surface area (Å²) < 4.78 is 13.8. The average Bonchev–Trinajstić information content (AvgIpc) is 3.68. The number of hydrogen-bond acceptors (Lipinski definition) is 9. The van der Waals surface area contributed by atoms with Crippen molar-refractivity contribution in [3.8, 4) is 11.6 Å². The number of benzene rings is 1. The number of amides is 3. The van der Waals surface area contributed by atoms with E-state index in [1.165, 1.54) is 10.8 Å². The Morgan fingerprint density at radius 2 is 1.79 bits per heavy atom. The molecule has 5 rings (SSSR count). The van der Waals surface area contributed by atoms with E-state index in [-0.39, 0.29) is 24.2 Å². The molecule has 43 heavy (non-hydrogen) atoms. The van der Waals surface area contributed by atoms with E-state index < -0.39 is 11.6 Å². The zero-order valence-electron chi connectivity index (χ0n) is 24.4. The maximum Gasteiger partial charge on any atom is 0.326 e. The summed E-state index contributed by atoms with van der Waals surface area (Å²) >= 11 is 0. The van der Waals surface area contributed by atoms with Crippen LogP contribution >= 0.6 is 0 Å². The molecule has 0 spiro atoms. The van der Waals surface area contributed by atoms with Crippen LogP contribution in [0, 0.1) is 0 Å². The SMILES string of the molecule is Cn1cc2c(nc(NC(=O)Nc3ccc(CC(=O)NCCCCC(=O)OC(C)(C)C)cc3)n3nc(-c4ccco4)nc23)n1. The van der Waals surface area contributed by atoms with Crippen LogP contribution in [-0.2, 0) is 27.8 Å². The number of unbranched alkanes of at least 4 members (excludes halogenated alkanes) is 1. The first kappa shape index (κ1) is 29.2. The first-order valence-electron chi connectivity index (χ1n) is 13.8. The van der Waals surface area contributed by atoms with Crippen LogP contribution in [0.5, 0.6) is 0 Å². The number of nitrogens with zero attached hydrogens (tertiary/aromatic N) is 6. The van der Waals surface area contributed by atoms with Crippen LogP contribution in [0.15, 0.2) is 53.3 Å². The fourth-order valence-corrected chi connectivity index (χ4v) is 4.32. The van der Waals surface area contributed by atoms with Crippen LogP contribution in [0.4, 0.5) is 16.4 Å². The lowest BCUT2D eigenvalue weighted by Crippen LogP contribution is -2.26. The molecule has 3 N–H and O–H groups in total. The Balaban J connectivity index is 1.14. The first-order chi connectivity index (χ1) is 20.5. The summed E-state index contributed by atoms with van der Waals surface area (Å²) in [4.78, 5) is 46.0. The maximum atomic E-state index is 12.9. The van der Waals surface area contributed by atoms with Gasteiger partial charge in [0.2, 0.25) is 17.7 Å². The Labute approximate surface area is 246 Å². The van der Waals surface area contributed by atoms with Crippen LogP contribution in [0.1, 0.15) is 45.6 Å². The van der Waals surface area contributed by atoms with Gasteiger partial charge in [0.05, 0.1) is 18.1 Å². The molecule has 4 aromatic heterocycles. The molecule has 0 aliphatic heterocycles. The van der Waals surface area contributed by atoms with Gasteiger partial charge >= 0.3 is 12.0 Å². The van der Waals surface area contributed by atoms with Crippen molar-refractivity contribution in [2.24, 2.45) is 7.05 Å². The van der Waals surface area contributed by atoms with Gasteiger partial charge in [-0.25, -0.2) is 9.78 Å². The van der Waals surface area contributed by atoms with Crippen molar-refractivity contribution in [2.75, 3.05) is 17.2 Å². The van der Waals surface area contributed by atoms with Crippen LogP contribution in [0.2, 0.25) is 0 Å². The third-order valence-electron chi connectivity index (χ3n) is 6.16. The molecule has 0 unspecified atom stereocenters. The van der Waals surface area contributed by atoms with Crippen molar-refractivity contribution < 1.29 is 23.5 Å². The molecule has 3 amide bonds. The number of carbonyl (C=O) groups excluding carboxylic acids is 3. The molecule has 0 saturated heterocycles. The summed E-state index contributed by atoms with van der Waals surface area (Å²) in [6.45, 7) is 5.97. The number of ether oxygens (including phenoxy) is 1. The number of esters is 1. The van der Waals surface area contributed by atoms with E-state index in [1.54, 1.807) is 54.3 Å². The number of urea groups is 1. The molecule has 4 heterocycles. The first-order valence-corrected chi connectivity index (χ1v) is 13.8. The highest BCUT2D eigenvalue weighted by atomic mass is 16.6. The maximum absolute atomic E-state index is 12.9. The minimum absolute atomic E-state index is 0.127. The minimum Gasteiger partial charge on any atom is -0.461 e. The van der Waals surface area contributed by atoms with Gasteiger partial charge in [0.15, 0.2) is 17.1 Å². The molecule has 0 aliphatic rings. The second-order valence-electron chi connectivity index (χ2n) is 11.0. The number of anilines is 2. The van der Waals surface area contributed by atoms with E-state index in [0.29, 0.717) is 59.8 Å². The number of furan rings is 1. The predicted molar refractivity (Wildman–Crippen MR) is 158 cm³/mol. The minimum atomic E-state index is -0.545. The van der Waals surface area contributed by atoms with Crippen molar-refractivity contribution in [1.82, 2.24) is 34.7 Å². The highest BCUT2D eigenvalue weighted by Gasteiger charge is 2.19. The van der Waals surface area contributed by atoms with Gasteiger partial charge in [0.1, 0.15) is 5.60 Å². The zero-order chi connectivity index (χ0) is 30.6. The molecular formula is C29H33N9O5. The lowest BCUT2D eigenvalue weighted by molar-refractivity contribution is -0.154. The van der Waals surface area contributed by atoms with Crippen molar-refractivity contribution >= 4 is 46.2 Å². The van der Waals surface area contributed by atoms with E-state index in [4.69, 9.17) is 9.15 Å². The van der Waals surface area contributed by atoms with Crippen LogP contribution in [-0.4, -0.2) is 59.4 Å². The molecule has 0 saturated carbocycles. The van der Waals surface area contributed by atoms with Gasteiger partial charge in [-0.2, -0.15) is 14.6 Å². The van der Waals surface area contributed by atoms with Gasteiger partial charge < -0.3 is 19.8 Å². The molecule has 0 aliphatic carbocycles. The van der Waals surface area contributed by atoms with E-state index >= 15 is 0 Å². The molecule has 14 nitrogen and oxygen atoms in total. The Morgan fingerprint density at radius 3 is 2.51 bits per heavy atom. The van der Waals surface area contributed by atoms with Gasteiger partial charge in [-0.1, -0.05) is 12.1 Å². The molecule has 0 bridgehead atoms. The summed E-state index contributed by atoms with van der Waals surface area (Å²) in [6, 6.07) is 9.88. The molecule has 224 valence electrons. The highest BCUT2D eigenvalue weighted by molar-refractivity contribution is 6.00. The molecular weight excluding hydrogens is 554 g/mol. The van der Waals surface area contributed by atoms with Crippen molar-refractivity contribution in [3.63, 3.8) is 0 Å². The Bertz CT molecular complexity index is 1750. The van der Waals surface area contributed by atoms with Gasteiger partial charge in [0.25, 0.3) is 0 Å². The number of fused-ring (bicyclic) bond motifs is 3. The van der Waals surface area contributed by atoms with Crippen molar-refractivity contribution in [2.45, 2.75) is 52.1 Å². The monoisotopic (exact) mass is 587 g/mol. The predicted octanol–water partition coefficient (Wildman–Crippen LogP) is 4.09. The van der Waals surface area contributed by atoms with Crippen molar-refractivity contribution in [1.29, 1.82) is 0 Å². The standard InChI is InChI=1S/C29H33N9O5/c1-29(2,3)43-23(40)9-5-6-14-30-22(39)16-18-10-12-19(13-11-18)31-28(41)34-27-33-24-20(17-37(4)35-24)26-32-25(36-38(26)27)21-8-7-15-42-21/h7-8,10-13,15,17H,5-6,9,14,16H2,1-4H3,(H,30,39)(H2,31,33,34,35,41). The zero-order valence-corrected chi connectivity index (χ0v) is 24.4. The van der Waals surface area contributed by atoms with Crippen LogP contribution < -0.4 is 16.0 Å². The second kappa shape index (κ2) is 12.3. The Hall–Kier alpha value is -5.27. The number of hydrogen-bond donors (Lipinski definition) is 3. The fraction of sp³-hybridized carbons (Fsp3) is 0.345.